The maximum Gasteiger partial charge on any atom is 0.251 e. The number of rotatable bonds is 5. The van der Waals surface area contributed by atoms with Crippen LogP contribution in [0.2, 0.25) is 0 Å². The summed E-state index contributed by atoms with van der Waals surface area (Å²) in [6, 6.07) is 17.8. The standard InChI is InChI=1S/C17H18BrNO/c1-13(7-8-14-9-11-16(18)12-10-14)19-17(20)15-5-3-2-4-6-15/h2-6,9-13H,7-8H2,1H3,(H,19,20). The number of carbonyl (C=O) groups excluding carboxylic acids is 1. The van der Waals surface area contributed by atoms with Gasteiger partial charge in [0, 0.05) is 16.1 Å². The molecule has 0 bridgehead atoms. The SMILES string of the molecule is CC(CCc1ccc(Br)cc1)NC(=O)c1ccccc1. The molecule has 0 radical (unpaired) electrons. The quantitative estimate of drug-likeness (QED) is 0.873. The second-order valence-electron chi connectivity index (χ2n) is 4.91. The largest absolute Gasteiger partial charge is 0.350 e. The van der Waals surface area contributed by atoms with Crippen molar-refractivity contribution < 1.29 is 4.79 Å². The number of hydrogen-bond acceptors (Lipinski definition) is 1. The lowest BCUT2D eigenvalue weighted by Crippen LogP contribution is -2.32. The van der Waals surface area contributed by atoms with Crippen LogP contribution in [0, 0.1) is 0 Å². The zero-order chi connectivity index (χ0) is 14.4. The molecule has 2 aromatic rings. The summed E-state index contributed by atoms with van der Waals surface area (Å²) in [6.07, 6.45) is 1.89. The molecule has 0 fully saturated rings. The lowest BCUT2D eigenvalue weighted by Gasteiger charge is -2.14. The Kier molecular flexibility index (Phi) is 5.36. The fourth-order valence-corrected chi connectivity index (χ4v) is 2.27. The Labute approximate surface area is 128 Å². The third kappa shape index (κ3) is 4.49. The van der Waals surface area contributed by atoms with Crippen LogP contribution >= 0.6 is 15.9 Å². The van der Waals surface area contributed by atoms with Crippen molar-refractivity contribution in [2.45, 2.75) is 25.8 Å². The smallest absolute Gasteiger partial charge is 0.251 e. The minimum absolute atomic E-state index is 0.00564. The Morgan fingerprint density at radius 3 is 2.40 bits per heavy atom. The molecule has 0 aliphatic carbocycles. The molecule has 20 heavy (non-hydrogen) atoms. The summed E-state index contributed by atoms with van der Waals surface area (Å²) < 4.78 is 1.09. The van der Waals surface area contributed by atoms with Crippen LogP contribution in [0.5, 0.6) is 0 Å². The molecule has 0 saturated heterocycles. The predicted octanol–water partition coefficient (Wildman–Crippen LogP) is 4.20. The molecule has 0 heterocycles. The summed E-state index contributed by atoms with van der Waals surface area (Å²) in [5.74, 6) is -0.00564. The van der Waals surface area contributed by atoms with Crippen LogP contribution in [0.3, 0.4) is 0 Å². The van der Waals surface area contributed by atoms with Crippen molar-refractivity contribution in [3.8, 4) is 0 Å². The number of carbonyl (C=O) groups is 1. The van der Waals surface area contributed by atoms with Crippen LogP contribution in [-0.4, -0.2) is 11.9 Å². The zero-order valence-corrected chi connectivity index (χ0v) is 13.1. The number of amides is 1. The zero-order valence-electron chi connectivity index (χ0n) is 11.5. The van der Waals surface area contributed by atoms with Crippen molar-refractivity contribution in [2.75, 3.05) is 0 Å². The van der Waals surface area contributed by atoms with Gasteiger partial charge in [0.1, 0.15) is 0 Å². The fourth-order valence-electron chi connectivity index (χ4n) is 2.00. The molecule has 1 atom stereocenters. The molecule has 1 N–H and O–H groups in total. The van der Waals surface area contributed by atoms with Crippen LogP contribution in [0.15, 0.2) is 59.1 Å². The van der Waals surface area contributed by atoms with Crippen LogP contribution in [0.4, 0.5) is 0 Å². The van der Waals surface area contributed by atoms with Crippen molar-refractivity contribution in [3.05, 3.63) is 70.2 Å². The molecule has 2 rings (SSSR count). The first-order chi connectivity index (χ1) is 9.65. The summed E-state index contributed by atoms with van der Waals surface area (Å²) in [4.78, 5) is 12.0. The van der Waals surface area contributed by atoms with Crippen molar-refractivity contribution in [1.82, 2.24) is 5.32 Å². The van der Waals surface area contributed by atoms with Gasteiger partial charge in [-0.15, -0.1) is 0 Å². The Hall–Kier alpha value is -1.61. The van der Waals surface area contributed by atoms with E-state index in [1.54, 1.807) is 0 Å². The van der Waals surface area contributed by atoms with Crippen LogP contribution in [0.1, 0.15) is 29.3 Å². The van der Waals surface area contributed by atoms with Gasteiger partial charge in [-0.3, -0.25) is 4.79 Å². The first-order valence-corrected chi connectivity index (χ1v) is 7.55. The van der Waals surface area contributed by atoms with E-state index in [1.807, 2.05) is 49.4 Å². The van der Waals surface area contributed by atoms with Crippen LogP contribution in [0.25, 0.3) is 0 Å². The first kappa shape index (κ1) is 14.8. The van der Waals surface area contributed by atoms with E-state index in [2.05, 4.69) is 33.4 Å². The number of hydrogen-bond donors (Lipinski definition) is 1. The van der Waals surface area contributed by atoms with E-state index in [-0.39, 0.29) is 11.9 Å². The van der Waals surface area contributed by atoms with Gasteiger partial charge in [0.05, 0.1) is 0 Å². The van der Waals surface area contributed by atoms with Gasteiger partial charge in [-0.05, 0) is 49.6 Å². The molecule has 2 aromatic carbocycles. The molecule has 1 unspecified atom stereocenters. The summed E-state index contributed by atoms with van der Waals surface area (Å²) in [5.41, 5.74) is 2.00. The summed E-state index contributed by atoms with van der Waals surface area (Å²) in [7, 11) is 0. The minimum atomic E-state index is -0.00564. The third-order valence-electron chi connectivity index (χ3n) is 3.19. The van der Waals surface area contributed by atoms with Crippen LogP contribution < -0.4 is 5.32 Å². The van der Waals surface area contributed by atoms with Gasteiger partial charge >= 0.3 is 0 Å². The van der Waals surface area contributed by atoms with Gasteiger partial charge in [0.2, 0.25) is 0 Å². The molecule has 0 aliphatic rings. The molecule has 0 aliphatic heterocycles. The van der Waals surface area contributed by atoms with Crippen LogP contribution in [-0.2, 0) is 6.42 Å². The molecule has 0 aromatic heterocycles. The average Bonchev–Trinajstić information content (AvgIpc) is 2.47. The first-order valence-electron chi connectivity index (χ1n) is 6.75. The molecule has 1 amide bonds. The van der Waals surface area contributed by atoms with E-state index in [4.69, 9.17) is 0 Å². The lowest BCUT2D eigenvalue weighted by atomic mass is 10.1. The average molecular weight is 332 g/mol. The molecule has 2 nitrogen and oxygen atoms in total. The molecule has 0 spiro atoms. The highest BCUT2D eigenvalue weighted by molar-refractivity contribution is 9.10. The highest BCUT2D eigenvalue weighted by Crippen LogP contribution is 2.12. The highest BCUT2D eigenvalue weighted by Gasteiger charge is 2.09. The van der Waals surface area contributed by atoms with Crippen molar-refractivity contribution >= 4 is 21.8 Å². The van der Waals surface area contributed by atoms with Crippen molar-refractivity contribution in [1.29, 1.82) is 0 Å². The third-order valence-corrected chi connectivity index (χ3v) is 3.72. The van der Waals surface area contributed by atoms with Crippen molar-refractivity contribution in [2.24, 2.45) is 0 Å². The maximum atomic E-state index is 12.0. The van der Waals surface area contributed by atoms with Gasteiger partial charge in [-0.25, -0.2) is 0 Å². The Bertz CT molecular complexity index is 551. The van der Waals surface area contributed by atoms with Gasteiger partial charge < -0.3 is 5.32 Å². The number of halogens is 1. The predicted molar refractivity (Wildman–Crippen MR) is 85.8 cm³/mol. The van der Waals surface area contributed by atoms with E-state index in [1.165, 1.54) is 5.56 Å². The Balaban J connectivity index is 1.82. The number of aryl methyl sites for hydroxylation is 1. The van der Waals surface area contributed by atoms with Gasteiger partial charge in [-0.2, -0.15) is 0 Å². The number of benzene rings is 2. The minimum Gasteiger partial charge on any atom is -0.350 e. The normalized spacial score (nSPS) is 11.9. The van der Waals surface area contributed by atoms with E-state index in [0.717, 1.165) is 17.3 Å². The molecule has 0 saturated carbocycles. The summed E-state index contributed by atoms with van der Waals surface area (Å²) in [5, 5.41) is 3.03. The molecular weight excluding hydrogens is 314 g/mol. The Morgan fingerprint density at radius 1 is 1.10 bits per heavy atom. The second kappa shape index (κ2) is 7.25. The molecular formula is C17H18BrNO. The fraction of sp³-hybridized carbons (Fsp3) is 0.235. The van der Waals surface area contributed by atoms with Gasteiger partial charge in [0.15, 0.2) is 0 Å². The van der Waals surface area contributed by atoms with E-state index < -0.39 is 0 Å². The maximum absolute atomic E-state index is 12.0. The van der Waals surface area contributed by atoms with E-state index in [9.17, 15) is 4.79 Å². The summed E-state index contributed by atoms with van der Waals surface area (Å²) in [6.45, 7) is 2.04. The Morgan fingerprint density at radius 2 is 1.75 bits per heavy atom. The number of nitrogens with one attached hydrogen (secondary N) is 1. The summed E-state index contributed by atoms with van der Waals surface area (Å²) >= 11 is 3.43. The van der Waals surface area contributed by atoms with E-state index in [0.29, 0.717) is 5.56 Å². The monoisotopic (exact) mass is 331 g/mol. The van der Waals surface area contributed by atoms with Gasteiger partial charge in [-0.1, -0.05) is 46.3 Å². The lowest BCUT2D eigenvalue weighted by molar-refractivity contribution is 0.0938. The second-order valence-corrected chi connectivity index (χ2v) is 5.82. The van der Waals surface area contributed by atoms with Gasteiger partial charge in [0.25, 0.3) is 5.91 Å². The molecule has 104 valence electrons. The van der Waals surface area contributed by atoms with E-state index >= 15 is 0 Å². The molecule has 3 heteroatoms. The topological polar surface area (TPSA) is 29.1 Å². The van der Waals surface area contributed by atoms with Crippen molar-refractivity contribution in [3.63, 3.8) is 0 Å². The highest BCUT2D eigenvalue weighted by atomic mass is 79.9.